The number of halogens is 1. The van der Waals surface area contributed by atoms with Crippen molar-refractivity contribution in [2.75, 3.05) is 25.0 Å². The van der Waals surface area contributed by atoms with Crippen molar-refractivity contribution in [3.8, 4) is 0 Å². The molecule has 3 nitrogen and oxygen atoms in total. The standard InChI is InChI=1S/C12H18ClN3/c1-2-16-7-3-4-11(9-16)15-10-5-6-14-12(13)8-10/h5-6,8,11H,2-4,7,9H2,1H3,(H,14,15). The molecule has 0 amide bonds. The zero-order valence-electron chi connectivity index (χ0n) is 9.62. The second kappa shape index (κ2) is 5.51. The molecule has 1 aliphatic rings. The summed E-state index contributed by atoms with van der Waals surface area (Å²) < 4.78 is 0. The summed E-state index contributed by atoms with van der Waals surface area (Å²) in [5, 5.41) is 4.07. The van der Waals surface area contributed by atoms with Gasteiger partial charge in [-0.15, -0.1) is 0 Å². The molecule has 2 heterocycles. The van der Waals surface area contributed by atoms with Crippen molar-refractivity contribution in [1.29, 1.82) is 0 Å². The molecular formula is C12H18ClN3. The number of rotatable bonds is 3. The molecule has 1 atom stereocenters. The number of pyridine rings is 1. The number of aromatic nitrogens is 1. The van der Waals surface area contributed by atoms with Gasteiger partial charge < -0.3 is 10.2 Å². The first-order valence-electron chi connectivity index (χ1n) is 5.88. The summed E-state index contributed by atoms with van der Waals surface area (Å²) in [6.07, 6.45) is 4.24. The molecule has 1 N–H and O–H groups in total. The lowest BCUT2D eigenvalue weighted by Crippen LogP contribution is -2.41. The Labute approximate surface area is 102 Å². The molecule has 1 unspecified atom stereocenters. The van der Waals surface area contributed by atoms with Crippen molar-refractivity contribution in [1.82, 2.24) is 9.88 Å². The lowest BCUT2D eigenvalue weighted by Gasteiger charge is -2.32. The number of nitrogens with zero attached hydrogens (tertiary/aromatic N) is 2. The Morgan fingerprint density at radius 1 is 1.62 bits per heavy atom. The van der Waals surface area contributed by atoms with E-state index in [4.69, 9.17) is 11.6 Å². The summed E-state index contributed by atoms with van der Waals surface area (Å²) in [7, 11) is 0. The van der Waals surface area contributed by atoms with E-state index in [9.17, 15) is 0 Å². The van der Waals surface area contributed by atoms with Gasteiger partial charge >= 0.3 is 0 Å². The van der Waals surface area contributed by atoms with Gasteiger partial charge in [0.1, 0.15) is 5.15 Å². The zero-order valence-corrected chi connectivity index (χ0v) is 10.4. The van der Waals surface area contributed by atoms with Crippen molar-refractivity contribution in [3.05, 3.63) is 23.5 Å². The fourth-order valence-corrected chi connectivity index (χ4v) is 2.36. The van der Waals surface area contributed by atoms with Gasteiger partial charge in [0.15, 0.2) is 0 Å². The molecule has 0 aliphatic carbocycles. The molecule has 1 fully saturated rings. The molecular weight excluding hydrogens is 222 g/mol. The number of hydrogen-bond donors (Lipinski definition) is 1. The predicted octanol–water partition coefficient (Wildman–Crippen LogP) is 2.63. The monoisotopic (exact) mass is 239 g/mol. The molecule has 4 heteroatoms. The van der Waals surface area contributed by atoms with E-state index in [-0.39, 0.29) is 0 Å². The van der Waals surface area contributed by atoms with Crippen molar-refractivity contribution < 1.29 is 0 Å². The van der Waals surface area contributed by atoms with Gasteiger partial charge in [-0.25, -0.2) is 4.98 Å². The van der Waals surface area contributed by atoms with Crippen LogP contribution in [0.2, 0.25) is 5.15 Å². The summed E-state index contributed by atoms with van der Waals surface area (Å²) in [5.74, 6) is 0. The van der Waals surface area contributed by atoms with Gasteiger partial charge in [-0.1, -0.05) is 18.5 Å². The van der Waals surface area contributed by atoms with Crippen molar-refractivity contribution in [3.63, 3.8) is 0 Å². The number of nitrogens with one attached hydrogen (secondary N) is 1. The Hall–Kier alpha value is -0.800. The Bertz CT molecular complexity index is 343. The first-order chi connectivity index (χ1) is 7.78. The fourth-order valence-electron chi connectivity index (χ4n) is 2.19. The topological polar surface area (TPSA) is 28.2 Å². The van der Waals surface area contributed by atoms with Crippen molar-refractivity contribution in [2.45, 2.75) is 25.8 Å². The smallest absolute Gasteiger partial charge is 0.131 e. The second-order valence-electron chi connectivity index (χ2n) is 4.24. The normalized spacial score (nSPS) is 22.0. The molecule has 16 heavy (non-hydrogen) atoms. The van der Waals surface area contributed by atoms with E-state index >= 15 is 0 Å². The van der Waals surface area contributed by atoms with Crippen LogP contribution in [0.4, 0.5) is 5.69 Å². The van der Waals surface area contributed by atoms with Crippen LogP contribution >= 0.6 is 11.6 Å². The lowest BCUT2D eigenvalue weighted by atomic mass is 10.1. The predicted molar refractivity (Wildman–Crippen MR) is 68.0 cm³/mol. The maximum atomic E-state index is 5.86. The van der Waals surface area contributed by atoms with E-state index in [0.717, 1.165) is 18.8 Å². The van der Waals surface area contributed by atoms with Gasteiger partial charge in [-0.3, -0.25) is 0 Å². The first kappa shape index (κ1) is 11.7. The van der Waals surface area contributed by atoms with Gasteiger partial charge in [0.25, 0.3) is 0 Å². The largest absolute Gasteiger partial charge is 0.381 e. The van der Waals surface area contributed by atoms with Crippen LogP contribution in [-0.4, -0.2) is 35.6 Å². The Kier molecular flexibility index (Phi) is 4.02. The number of likely N-dealkylation sites (tertiary alicyclic amines) is 1. The lowest BCUT2D eigenvalue weighted by molar-refractivity contribution is 0.227. The van der Waals surface area contributed by atoms with Crippen LogP contribution in [0.15, 0.2) is 18.3 Å². The van der Waals surface area contributed by atoms with Gasteiger partial charge in [0.2, 0.25) is 0 Å². The van der Waals surface area contributed by atoms with Gasteiger partial charge in [0.05, 0.1) is 0 Å². The van der Waals surface area contributed by atoms with Crippen LogP contribution in [0.3, 0.4) is 0 Å². The number of anilines is 1. The highest BCUT2D eigenvalue weighted by Crippen LogP contribution is 2.17. The van der Waals surface area contributed by atoms with Crippen LogP contribution in [0, 0.1) is 0 Å². The Balaban J connectivity index is 1.94. The molecule has 1 aromatic rings. The van der Waals surface area contributed by atoms with Crippen LogP contribution < -0.4 is 5.32 Å². The molecule has 1 aliphatic heterocycles. The molecule has 0 bridgehead atoms. The van der Waals surface area contributed by atoms with Gasteiger partial charge in [-0.05, 0) is 38.1 Å². The fraction of sp³-hybridized carbons (Fsp3) is 0.583. The Morgan fingerprint density at radius 2 is 2.50 bits per heavy atom. The number of piperidine rings is 1. The van der Waals surface area contributed by atoms with E-state index in [1.165, 1.54) is 19.4 Å². The minimum Gasteiger partial charge on any atom is -0.381 e. The molecule has 0 saturated carbocycles. The third kappa shape index (κ3) is 3.09. The quantitative estimate of drug-likeness (QED) is 0.822. The highest BCUT2D eigenvalue weighted by Gasteiger charge is 2.18. The minimum atomic E-state index is 0.534. The molecule has 1 aromatic heterocycles. The summed E-state index contributed by atoms with van der Waals surface area (Å²) in [5.41, 5.74) is 1.07. The highest BCUT2D eigenvalue weighted by atomic mass is 35.5. The molecule has 0 aromatic carbocycles. The average molecular weight is 240 g/mol. The molecule has 0 radical (unpaired) electrons. The van der Waals surface area contributed by atoms with Gasteiger partial charge in [-0.2, -0.15) is 0 Å². The molecule has 0 spiro atoms. The van der Waals surface area contributed by atoms with E-state index in [2.05, 4.69) is 22.1 Å². The van der Waals surface area contributed by atoms with E-state index in [0.29, 0.717) is 11.2 Å². The number of hydrogen-bond acceptors (Lipinski definition) is 3. The SMILES string of the molecule is CCN1CCCC(Nc2ccnc(Cl)c2)C1. The minimum absolute atomic E-state index is 0.534. The molecule has 1 saturated heterocycles. The molecule has 2 rings (SSSR count). The second-order valence-corrected chi connectivity index (χ2v) is 4.63. The number of likely N-dealkylation sites (N-methyl/N-ethyl adjacent to an activating group) is 1. The summed E-state index contributed by atoms with van der Waals surface area (Å²) in [4.78, 5) is 6.46. The van der Waals surface area contributed by atoms with Crippen molar-refractivity contribution in [2.24, 2.45) is 0 Å². The maximum Gasteiger partial charge on any atom is 0.131 e. The maximum absolute atomic E-state index is 5.86. The van der Waals surface area contributed by atoms with E-state index in [1.54, 1.807) is 6.20 Å². The summed E-state index contributed by atoms with van der Waals surface area (Å²) in [6, 6.07) is 4.38. The Morgan fingerprint density at radius 3 is 3.25 bits per heavy atom. The van der Waals surface area contributed by atoms with E-state index < -0.39 is 0 Å². The first-order valence-corrected chi connectivity index (χ1v) is 6.26. The molecule has 88 valence electrons. The van der Waals surface area contributed by atoms with Gasteiger partial charge in [0, 0.05) is 24.5 Å². The van der Waals surface area contributed by atoms with Crippen LogP contribution in [0.25, 0.3) is 0 Å². The third-order valence-corrected chi connectivity index (χ3v) is 3.26. The summed E-state index contributed by atoms with van der Waals surface area (Å²) >= 11 is 5.86. The van der Waals surface area contributed by atoms with Crippen LogP contribution in [-0.2, 0) is 0 Å². The zero-order chi connectivity index (χ0) is 11.4. The van der Waals surface area contributed by atoms with Crippen LogP contribution in [0.1, 0.15) is 19.8 Å². The van der Waals surface area contributed by atoms with Crippen molar-refractivity contribution >= 4 is 17.3 Å². The highest BCUT2D eigenvalue weighted by molar-refractivity contribution is 6.29. The third-order valence-electron chi connectivity index (χ3n) is 3.05. The van der Waals surface area contributed by atoms with Crippen LogP contribution in [0.5, 0.6) is 0 Å². The average Bonchev–Trinajstić information content (AvgIpc) is 2.29. The van der Waals surface area contributed by atoms with E-state index in [1.807, 2.05) is 12.1 Å². The summed E-state index contributed by atoms with van der Waals surface area (Å²) in [6.45, 7) is 5.70.